The molecule has 0 saturated carbocycles. The van der Waals surface area contributed by atoms with Crippen molar-refractivity contribution in [3.05, 3.63) is 71.3 Å². The third-order valence-corrected chi connectivity index (χ3v) is 4.03. The highest BCUT2D eigenvalue weighted by Gasteiger charge is 2.08. The van der Waals surface area contributed by atoms with Crippen molar-refractivity contribution in [2.24, 2.45) is 0 Å². The van der Waals surface area contributed by atoms with E-state index in [9.17, 15) is 9.90 Å². The summed E-state index contributed by atoms with van der Waals surface area (Å²) in [5.74, 6) is -0.155. The van der Waals surface area contributed by atoms with Crippen LogP contribution in [0.15, 0.2) is 54.6 Å². The molecule has 0 bridgehead atoms. The molecule has 2 rings (SSSR count). The first-order chi connectivity index (χ1) is 11.7. The van der Waals surface area contributed by atoms with Crippen LogP contribution in [0.1, 0.15) is 55.4 Å². The summed E-state index contributed by atoms with van der Waals surface area (Å²) in [6.07, 6.45) is 3.08. The molecule has 1 unspecified atom stereocenters. The SMILES string of the molecule is CCOC(=O)CCCCC(O)c1ccc(Cc2ccccc2)cc1. The first-order valence-electron chi connectivity index (χ1n) is 8.65. The Bertz CT molecular complexity index is 605. The molecule has 0 aliphatic carbocycles. The Kier molecular flexibility index (Phi) is 7.50. The van der Waals surface area contributed by atoms with E-state index < -0.39 is 6.10 Å². The zero-order chi connectivity index (χ0) is 17.2. The third kappa shape index (κ3) is 6.17. The van der Waals surface area contributed by atoms with Crippen LogP contribution in [0.5, 0.6) is 0 Å². The van der Waals surface area contributed by atoms with Gasteiger partial charge in [-0.05, 0) is 49.3 Å². The van der Waals surface area contributed by atoms with Gasteiger partial charge in [0.25, 0.3) is 0 Å². The van der Waals surface area contributed by atoms with Crippen molar-refractivity contribution >= 4 is 5.97 Å². The maximum atomic E-state index is 11.3. The third-order valence-electron chi connectivity index (χ3n) is 4.03. The van der Waals surface area contributed by atoms with Gasteiger partial charge in [-0.25, -0.2) is 0 Å². The molecule has 2 aromatic rings. The number of carbonyl (C=O) groups excluding carboxylic acids is 1. The highest BCUT2D eigenvalue weighted by molar-refractivity contribution is 5.69. The number of aliphatic hydroxyl groups excluding tert-OH is 1. The molecule has 0 amide bonds. The Morgan fingerprint density at radius 3 is 2.33 bits per heavy atom. The Hall–Kier alpha value is -2.13. The van der Waals surface area contributed by atoms with Crippen molar-refractivity contribution in [1.29, 1.82) is 0 Å². The summed E-state index contributed by atoms with van der Waals surface area (Å²) in [6.45, 7) is 2.24. The molecule has 0 aliphatic heterocycles. The summed E-state index contributed by atoms with van der Waals surface area (Å²) in [7, 11) is 0. The first kappa shape index (κ1) is 18.2. The number of hydrogen-bond donors (Lipinski definition) is 1. The molecule has 1 N–H and O–H groups in total. The lowest BCUT2D eigenvalue weighted by molar-refractivity contribution is -0.143. The highest BCUT2D eigenvalue weighted by Crippen LogP contribution is 2.21. The Balaban J connectivity index is 1.76. The van der Waals surface area contributed by atoms with Gasteiger partial charge in [-0.1, -0.05) is 54.6 Å². The molecular weight excluding hydrogens is 300 g/mol. The van der Waals surface area contributed by atoms with Crippen LogP contribution in [-0.4, -0.2) is 17.7 Å². The van der Waals surface area contributed by atoms with Crippen LogP contribution in [0.2, 0.25) is 0 Å². The molecule has 3 nitrogen and oxygen atoms in total. The second-order valence-electron chi connectivity index (χ2n) is 5.97. The zero-order valence-corrected chi connectivity index (χ0v) is 14.3. The highest BCUT2D eigenvalue weighted by atomic mass is 16.5. The zero-order valence-electron chi connectivity index (χ0n) is 14.3. The fourth-order valence-corrected chi connectivity index (χ4v) is 2.70. The minimum absolute atomic E-state index is 0.155. The Labute approximate surface area is 144 Å². The van der Waals surface area contributed by atoms with Gasteiger partial charge in [-0.2, -0.15) is 0 Å². The molecule has 128 valence electrons. The maximum absolute atomic E-state index is 11.3. The van der Waals surface area contributed by atoms with Crippen molar-refractivity contribution in [3.63, 3.8) is 0 Å². The van der Waals surface area contributed by atoms with E-state index in [2.05, 4.69) is 24.3 Å². The summed E-state index contributed by atoms with van der Waals surface area (Å²) in [5.41, 5.74) is 3.45. The second kappa shape index (κ2) is 9.89. The minimum Gasteiger partial charge on any atom is -0.466 e. The summed E-state index contributed by atoms with van der Waals surface area (Å²) in [4.78, 5) is 11.3. The smallest absolute Gasteiger partial charge is 0.305 e. The van der Waals surface area contributed by atoms with Crippen LogP contribution < -0.4 is 0 Å². The molecule has 2 aromatic carbocycles. The molecule has 3 heteroatoms. The summed E-state index contributed by atoms with van der Waals surface area (Å²) in [5, 5.41) is 10.3. The topological polar surface area (TPSA) is 46.5 Å². The number of rotatable bonds is 9. The number of unbranched alkanes of at least 4 members (excludes halogenated alkanes) is 1. The van der Waals surface area contributed by atoms with Crippen LogP contribution in [0, 0.1) is 0 Å². The quantitative estimate of drug-likeness (QED) is 0.547. The van der Waals surface area contributed by atoms with E-state index in [1.165, 1.54) is 11.1 Å². The maximum Gasteiger partial charge on any atom is 0.305 e. The minimum atomic E-state index is -0.474. The van der Waals surface area contributed by atoms with Gasteiger partial charge in [-0.3, -0.25) is 4.79 Å². The Morgan fingerprint density at radius 2 is 1.67 bits per heavy atom. The van der Waals surface area contributed by atoms with E-state index >= 15 is 0 Å². The average molecular weight is 326 g/mol. The van der Waals surface area contributed by atoms with Gasteiger partial charge in [0, 0.05) is 6.42 Å². The number of hydrogen-bond acceptors (Lipinski definition) is 3. The van der Waals surface area contributed by atoms with Crippen LogP contribution in [-0.2, 0) is 16.0 Å². The number of carbonyl (C=O) groups is 1. The van der Waals surface area contributed by atoms with E-state index in [0.29, 0.717) is 19.4 Å². The molecule has 0 saturated heterocycles. The first-order valence-corrected chi connectivity index (χ1v) is 8.65. The summed E-state index contributed by atoms with van der Waals surface area (Å²) >= 11 is 0. The van der Waals surface area contributed by atoms with Gasteiger partial charge in [0.05, 0.1) is 12.7 Å². The van der Waals surface area contributed by atoms with Crippen molar-refractivity contribution in [2.75, 3.05) is 6.61 Å². The predicted molar refractivity (Wildman–Crippen MR) is 95.8 cm³/mol. The van der Waals surface area contributed by atoms with Gasteiger partial charge < -0.3 is 9.84 Å². The molecule has 1 atom stereocenters. The fraction of sp³-hybridized carbons (Fsp3) is 0.381. The number of ether oxygens (including phenoxy) is 1. The lowest BCUT2D eigenvalue weighted by atomic mass is 9.99. The van der Waals surface area contributed by atoms with E-state index in [4.69, 9.17) is 4.74 Å². The number of esters is 1. The monoisotopic (exact) mass is 326 g/mol. The fourth-order valence-electron chi connectivity index (χ4n) is 2.70. The molecule has 0 spiro atoms. The molecule has 0 heterocycles. The predicted octanol–water partition coefficient (Wildman–Crippen LogP) is 4.43. The molecule has 0 aliphatic rings. The molecular formula is C21H26O3. The van der Waals surface area contributed by atoms with Crippen molar-refractivity contribution in [3.8, 4) is 0 Å². The van der Waals surface area contributed by atoms with E-state index in [1.54, 1.807) is 0 Å². The largest absolute Gasteiger partial charge is 0.466 e. The van der Waals surface area contributed by atoms with Crippen LogP contribution in [0.4, 0.5) is 0 Å². The standard InChI is InChI=1S/C21H26O3/c1-2-24-21(23)11-7-6-10-20(22)19-14-12-18(13-15-19)16-17-8-4-3-5-9-17/h3-5,8-9,12-15,20,22H,2,6-7,10-11,16H2,1H3. The van der Waals surface area contributed by atoms with Gasteiger partial charge in [0.2, 0.25) is 0 Å². The van der Waals surface area contributed by atoms with Gasteiger partial charge in [-0.15, -0.1) is 0 Å². The van der Waals surface area contributed by atoms with E-state index in [0.717, 1.165) is 24.8 Å². The molecule has 24 heavy (non-hydrogen) atoms. The van der Waals surface area contributed by atoms with E-state index in [-0.39, 0.29) is 5.97 Å². The van der Waals surface area contributed by atoms with Crippen LogP contribution in [0.3, 0.4) is 0 Å². The van der Waals surface area contributed by atoms with Gasteiger partial charge in [0.15, 0.2) is 0 Å². The van der Waals surface area contributed by atoms with Crippen LogP contribution >= 0.6 is 0 Å². The van der Waals surface area contributed by atoms with Gasteiger partial charge >= 0.3 is 5.97 Å². The lowest BCUT2D eigenvalue weighted by Crippen LogP contribution is -2.04. The van der Waals surface area contributed by atoms with Crippen molar-refractivity contribution < 1.29 is 14.6 Å². The molecule has 0 fully saturated rings. The normalized spacial score (nSPS) is 11.9. The van der Waals surface area contributed by atoms with Crippen LogP contribution in [0.25, 0.3) is 0 Å². The number of aliphatic hydroxyl groups is 1. The second-order valence-corrected chi connectivity index (χ2v) is 5.97. The van der Waals surface area contributed by atoms with E-state index in [1.807, 2.05) is 37.3 Å². The lowest BCUT2D eigenvalue weighted by Gasteiger charge is -2.11. The summed E-state index contributed by atoms with van der Waals surface area (Å²) < 4.78 is 4.89. The summed E-state index contributed by atoms with van der Waals surface area (Å²) in [6, 6.07) is 18.5. The van der Waals surface area contributed by atoms with Gasteiger partial charge in [0.1, 0.15) is 0 Å². The Morgan fingerprint density at radius 1 is 1.00 bits per heavy atom. The average Bonchev–Trinajstić information content (AvgIpc) is 2.60. The number of benzene rings is 2. The molecule has 0 radical (unpaired) electrons. The van der Waals surface area contributed by atoms with Crippen molar-refractivity contribution in [2.45, 2.75) is 45.1 Å². The molecule has 0 aromatic heterocycles. The van der Waals surface area contributed by atoms with Crippen molar-refractivity contribution in [1.82, 2.24) is 0 Å².